The summed E-state index contributed by atoms with van der Waals surface area (Å²) < 4.78 is 0. The van der Waals surface area contributed by atoms with Gasteiger partial charge in [-0.3, -0.25) is 9.79 Å². The zero-order valence-electron chi connectivity index (χ0n) is 15.9. The second kappa shape index (κ2) is 7.28. The van der Waals surface area contributed by atoms with Crippen molar-refractivity contribution in [3.8, 4) is 0 Å². The van der Waals surface area contributed by atoms with Gasteiger partial charge in [-0.2, -0.15) is 0 Å². The largest absolute Gasteiger partial charge is 0.353 e. The maximum atomic E-state index is 12.7. The Hall–Kier alpha value is -2.27. The van der Waals surface area contributed by atoms with Crippen LogP contribution < -0.4 is 5.32 Å². The molecule has 1 aliphatic heterocycles. The lowest BCUT2D eigenvalue weighted by Crippen LogP contribution is -2.44. The van der Waals surface area contributed by atoms with Crippen molar-refractivity contribution in [1.82, 2.24) is 10.3 Å². The van der Waals surface area contributed by atoms with Gasteiger partial charge in [0.2, 0.25) is 5.91 Å². The summed E-state index contributed by atoms with van der Waals surface area (Å²) in [4.78, 5) is 22.2. The topological polar surface area (TPSA) is 54.4 Å². The van der Waals surface area contributed by atoms with Gasteiger partial charge in [0.15, 0.2) is 0 Å². The molecule has 0 saturated heterocycles. The Kier molecular flexibility index (Phi) is 4.63. The van der Waals surface area contributed by atoms with E-state index in [2.05, 4.69) is 40.0 Å². The highest BCUT2D eigenvalue weighted by atomic mass is 32.1. The van der Waals surface area contributed by atoms with Crippen LogP contribution in [0.4, 0.5) is 0 Å². The predicted molar refractivity (Wildman–Crippen MR) is 113 cm³/mol. The molecule has 0 bridgehead atoms. The number of hydrogen-bond donors (Lipinski definition) is 1. The Labute approximate surface area is 169 Å². The summed E-state index contributed by atoms with van der Waals surface area (Å²) in [5.41, 5.74) is 5.18. The maximum absolute atomic E-state index is 12.7. The standard InChI is InChI=1S/C23H25N3OS/c27-22(13-23(10-11-23)17-4-2-1-3-5-17)25-18-7-9-19-16(12-18)6-8-20(26-19)21-14-28-15-24-21/h1-5,10-11,14-16,18-19H,6-9,12-13H2,(H,25,27)/t16-,18?,19?/m0/s1. The number of nitrogens with one attached hydrogen (secondary N) is 1. The van der Waals surface area contributed by atoms with Gasteiger partial charge in [0.05, 0.1) is 23.0 Å². The van der Waals surface area contributed by atoms with Crippen molar-refractivity contribution in [2.24, 2.45) is 10.9 Å². The van der Waals surface area contributed by atoms with Crippen LogP contribution in [0.15, 0.2) is 58.4 Å². The molecule has 2 unspecified atom stereocenters. The van der Waals surface area contributed by atoms with Gasteiger partial charge in [0, 0.05) is 23.3 Å². The summed E-state index contributed by atoms with van der Waals surface area (Å²) in [6, 6.07) is 11.0. The molecule has 2 heterocycles. The smallest absolute Gasteiger partial charge is 0.221 e. The van der Waals surface area contributed by atoms with Gasteiger partial charge in [0.1, 0.15) is 0 Å². The first kappa shape index (κ1) is 17.8. The van der Waals surface area contributed by atoms with Crippen LogP contribution in [0, 0.1) is 5.92 Å². The van der Waals surface area contributed by atoms with Gasteiger partial charge >= 0.3 is 0 Å². The maximum Gasteiger partial charge on any atom is 0.221 e. The summed E-state index contributed by atoms with van der Waals surface area (Å²) in [6.45, 7) is 0. The number of hydrogen-bond acceptors (Lipinski definition) is 4. The minimum Gasteiger partial charge on any atom is -0.353 e. The Bertz CT molecular complexity index is 897. The van der Waals surface area contributed by atoms with Crippen LogP contribution in [0.2, 0.25) is 0 Å². The lowest BCUT2D eigenvalue weighted by atomic mass is 9.77. The third-order valence-electron chi connectivity index (χ3n) is 6.44. The van der Waals surface area contributed by atoms with Crippen LogP contribution >= 0.6 is 11.3 Å². The molecular weight excluding hydrogens is 366 g/mol. The second-order valence-electron chi connectivity index (χ2n) is 8.31. The van der Waals surface area contributed by atoms with Crippen LogP contribution in [-0.2, 0) is 10.2 Å². The quantitative estimate of drug-likeness (QED) is 0.774. The molecule has 4 nitrogen and oxygen atoms in total. The highest BCUT2D eigenvalue weighted by molar-refractivity contribution is 7.07. The summed E-state index contributed by atoms with van der Waals surface area (Å²) in [5, 5.41) is 5.42. The third-order valence-corrected chi connectivity index (χ3v) is 7.03. The van der Waals surface area contributed by atoms with Crippen molar-refractivity contribution in [1.29, 1.82) is 0 Å². The first-order valence-corrected chi connectivity index (χ1v) is 11.2. The molecule has 3 atom stereocenters. The van der Waals surface area contributed by atoms with Crippen molar-refractivity contribution >= 4 is 23.0 Å². The van der Waals surface area contributed by atoms with E-state index in [0.29, 0.717) is 18.4 Å². The van der Waals surface area contributed by atoms with Crippen molar-refractivity contribution in [2.45, 2.75) is 56.0 Å². The van der Waals surface area contributed by atoms with E-state index < -0.39 is 0 Å². The summed E-state index contributed by atoms with van der Waals surface area (Å²) >= 11 is 1.63. The van der Waals surface area contributed by atoms with Crippen molar-refractivity contribution in [3.63, 3.8) is 0 Å². The fourth-order valence-corrected chi connectivity index (χ4v) is 5.36. The molecule has 1 amide bonds. The minimum atomic E-state index is -0.153. The minimum absolute atomic E-state index is 0.153. The molecule has 28 heavy (non-hydrogen) atoms. The van der Waals surface area contributed by atoms with E-state index in [-0.39, 0.29) is 17.4 Å². The predicted octanol–water partition coefficient (Wildman–Crippen LogP) is 4.28. The number of fused-ring (bicyclic) bond motifs is 1. The number of thiazole rings is 1. The van der Waals surface area contributed by atoms with Gasteiger partial charge in [-0.25, -0.2) is 4.98 Å². The van der Waals surface area contributed by atoms with Crippen LogP contribution in [0.5, 0.6) is 0 Å². The van der Waals surface area contributed by atoms with E-state index in [0.717, 1.165) is 37.8 Å². The van der Waals surface area contributed by atoms with Crippen molar-refractivity contribution in [2.75, 3.05) is 0 Å². The number of aliphatic imine (C=N–C) groups is 1. The van der Waals surface area contributed by atoms with E-state index in [1.165, 1.54) is 11.3 Å². The number of benzene rings is 1. The highest BCUT2D eigenvalue weighted by Gasteiger charge is 2.39. The lowest BCUT2D eigenvalue weighted by Gasteiger charge is -2.37. The van der Waals surface area contributed by atoms with Crippen molar-refractivity contribution < 1.29 is 4.79 Å². The number of carbonyl (C=O) groups is 1. The van der Waals surface area contributed by atoms with Crippen LogP contribution in [-0.4, -0.2) is 28.7 Å². The normalized spacial score (nSPS) is 27.6. The number of allylic oxidation sites excluding steroid dienone is 2. The molecule has 1 N–H and O–H groups in total. The Morgan fingerprint density at radius 2 is 2.04 bits per heavy atom. The van der Waals surface area contributed by atoms with Crippen LogP contribution in [0.3, 0.4) is 0 Å². The monoisotopic (exact) mass is 391 g/mol. The molecule has 144 valence electrons. The Balaban J connectivity index is 1.17. The van der Waals surface area contributed by atoms with Crippen molar-refractivity contribution in [3.05, 3.63) is 64.6 Å². The lowest BCUT2D eigenvalue weighted by molar-refractivity contribution is -0.122. The van der Waals surface area contributed by atoms with Gasteiger partial charge in [-0.05, 0) is 43.6 Å². The Morgan fingerprint density at radius 1 is 1.18 bits per heavy atom. The van der Waals surface area contributed by atoms with Crippen LogP contribution in [0.1, 0.15) is 49.8 Å². The molecule has 2 aromatic rings. The van der Waals surface area contributed by atoms with Gasteiger partial charge in [0.25, 0.3) is 0 Å². The average molecular weight is 392 g/mol. The SMILES string of the molecule is O=C(CC1(c2ccccc2)C=C1)NC1CCC2N=C(c3cscn3)CC[C@H]2C1. The molecule has 1 aromatic carbocycles. The molecule has 0 radical (unpaired) electrons. The molecule has 3 aliphatic rings. The zero-order chi connectivity index (χ0) is 19.0. The van der Waals surface area contributed by atoms with E-state index in [4.69, 9.17) is 4.99 Å². The molecule has 1 fully saturated rings. The summed E-state index contributed by atoms with van der Waals surface area (Å²) in [5.74, 6) is 0.753. The molecule has 0 spiro atoms. The van der Waals surface area contributed by atoms with Gasteiger partial charge in [-0.15, -0.1) is 11.3 Å². The fraction of sp³-hybridized carbons (Fsp3) is 0.435. The molecule has 2 aliphatic carbocycles. The Morgan fingerprint density at radius 3 is 2.79 bits per heavy atom. The van der Waals surface area contributed by atoms with E-state index in [1.807, 2.05) is 23.7 Å². The summed E-state index contributed by atoms with van der Waals surface area (Å²) in [7, 11) is 0. The fourth-order valence-electron chi connectivity index (χ4n) is 4.80. The first-order chi connectivity index (χ1) is 13.7. The number of amides is 1. The first-order valence-electron chi connectivity index (χ1n) is 10.2. The molecule has 5 rings (SSSR count). The van der Waals surface area contributed by atoms with E-state index >= 15 is 0 Å². The zero-order valence-corrected chi connectivity index (χ0v) is 16.7. The molecule has 1 aromatic heterocycles. The number of nitrogens with zero attached hydrogens (tertiary/aromatic N) is 2. The van der Waals surface area contributed by atoms with Crippen LogP contribution in [0.25, 0.3) is 0 Å². The highest BCUT2D eigenvalue weighted by Crippen LogP contribution is 2.42. The number of carbonyl (C=O) groups excluding carboxylic acids is 1. The number of aromatic nitrogens is 1. The van der Waals surface area contributed by atoms with Gasteiger partial charge in [-0.1, -0.05) is 42.5 Å². The molecular formula is C23H25N3OS. The molecule has 1 saturated carbocycles. The number of rotatable bonds is 5. The van der Waals surface area contributed by atoms with E-state index in [9.17, 15) is 4.79 Å². The summed E-state index contributed by atoms with van der Waals surface area (Å²) in [6.07, 6.45) is 10.1. The average Bonchev–Trinajstić information content (AvgIpc) is 3.29. The third kappa shape index (κ3) is 3.55. The second-order valence-corrected chi connectivity index (χ2v) is 9.03. The van der Waals surface area contributed by atoms with Gasteiger partial charge < -0.3 is 5.32 Å². The van der Waals surface area contributed by atoms with E-state index in [1.54, 1.807) is 11.3 Å². The molecule has 5 heteroatoms.